The molecule has 0 unspecified atom stereocenters. The number of carbonyl (C=O) groups excluding carboxylic acids is 2. The highest BCUT2D eigenvalue weighted by Crippen LogP contribution is 2.20. The van der Waals surface area contributed by atoms with Crippen molar-refractivity contribution in [3.63, 3.8) is 0 Å². The molecule has 1 N–H and O–H groups in total. The topological polar surface area (TPSA) is 77.5 Å². The fourth-order valence-corrected chi connectivity index (χ4v) is 3.01. The number of benzene rings is 1. The van der Waals surface area contributed by atoms with Crippen LogP contribution in [0.4, 0.5) is 5.13 Å². The Kier molecular flexibility index (Phi) is 7.59. The first-order valence-corrected chi connectivity index (χ1v) is 9.37. The number of ether oxygens (including phenoxy) is 2. The highest BCUT2D eigenvalue weighted by molar-refractivity contribution is 7.13. The zero-order chi connectivity index (χ0) is 18.9. The van der Waals surface area contributed by atoms with Crippen LogP contribution in [0.15, 0.2) is 23.6 Å². The molecular formula is C19H24N2O4S. The largest absolute Gasteiger partial charge is 0.493 e. The Balaban J connectivity index is 1.66. The first-order chi connectivity index (χ1) is 12.5. The average molecular weight is 376 g/mol. The molecule has 2 rings (SSSR count). The third kappa shape index (κ3) is 6.48. The summed E-state index contributed by atoms with van der Waals surface area (Å²) in [6.07, 6.45) is 2.05. The maximum atomic E-state index is 12.0. The number of anilines is 1. The number of hydrogen-bond acceptors (Lipinski definition) is 6. The number of hydrogen-bond donors (Lipinski definition) is 1. The van der Waals surface area contributed by atoms with Crippen molar-refractivity contribution < 1.29 is 19.1 Å². The van der Waals surface area contributed by atoms with E-state index in [0.29, 0.717) is 23.9 Å². The Bertz CT molecular complexity index is 758. The molecule has 0 radical (unpaired) electrons. The third-order valence-corrected chi connectivity index (χ3v) is 4.56. The van der Waals surface area contributed by atoms with Crippen molar-refractivity contribution in [3.8, 4) is 5.75 Å². The predicted molar refractivity (Wildman–Crippen MR) is 102 cm³/mol. The maximum Gasteiger partial charge on any atom is 0.311 e. The SMILES string of the molecule is COC(=O)Cc1csc(NC(=O)CCCCOc2cc(C)ccc2C)n1. The number of nitrogens with zero attached hydrogens (tertiary/aromatic N) is 1. The molecule has 1 amide bonds. The number of rotatable bonds is 9. The zero-order valence-corrected chi connectivity index (χ0v) is 16.1. The van der Waals surface area contributed by atoms with E-state index in [1.165, 1.54) is 24.0 Å². The minimum absolute atomic E-state index is 0.0873. The van der Waals surface area contributed by atoms with E-state index in [0.717, 1.165) is 24.2 Å². The molecule has 0 bridgehead atoms. The Hall–Kier alpha value is -2.41. The van der Waals surface area contributed by atoms with Crippen LogP contribution in [0, 0.1) is 13.8 Å². The number of amides is 1. The van der Waals surface area contributed by atoms with Crippen molar-refractivity contribution >= 4 is 28.3 Å². The second-order valence-electron chi connectivity index (χ2n) is 6.02. The van der Waals surface area contributed by atoms with Crippen LogP contribution < -0.4 is 10.1 Å². The highest BCUT2D eigenvalue weighted by Gasteiger charge is 2.10. The van der Waals surface area contributed by atoms with E-state index in [4.69, 9.17) is 4.74 Å². The van der Waals surface area contributed by atoms with Gasteiger partial charge >= 0.3 is 5.97 Å². The fraction of sp³-hybridized carbons (Fsp3) is 0.421. The lowest BCUT2D eigenvalue weighted by atomic mass is 10.1. The van der Waals surface area contributed by atoms with Gasteiger partial charge < -0.3 is 14.8 Å². The van der Waals surface area contributed by atoms with Crippen LogP contribution in [0.2, 0.25) is 0 Å². The van der Waals surface area contributed by atoms with Crippen LogP contribution in [-0.2, 0) is 20.7 Å². The van der Waals surface area contributed by atoms with Gasteiger partial charge in [0.1, 0.15) is 5.75 Å². The van der Waals surface area contributed by atoms with Gasteiger partial charge in [-0.15, -0.1) is 11.3 Å². The minimum Gasteiger partial charge on any atom is -0.493 e. The minimum atomic E-state index is -0.350. The normalized spacial score (nSPS) is 10.4. The number of esters is 1. The molecule has 0 atom stereocenters. The van der Waals surface area contributed by atoms with Gasteiger partial charge in [0.2, 0.25) is 5.91 Å². The van der Waals surface area contributed by atoms with Gasteiger partial charge in [-0.3, -0.25) is 9.59 Å². The molecule has 6 nitrogen and oxygen atoms in total. The van der Waals surface area contributed by atoms with Crippen molar-refractivity contribution in [1.82, 2.24) is 4.98 Å². The summed E-state index contributed by atoms with van der Waals surface area (Å²) in [4.78, 5) is 27.4. The van der Waals surface area contributed by atoms with Gasteiger partial charge in [-0.2, -0.15) is 0 Å². The Morgan fingerprint density at radius 2 is 2.04 bits per heavy atom. The van der Waals surface area contributed by atoms with E-state index in [9.17, 15) is 9.59 Å². The van der Waals surface area contributed by atoms with Crippen LogP contribution in [0.25, 0.3) is 0 Å². The van der Waals surface area contributed by atoms with Crippen LogP contribution in [0.1, 0.15) is 36.1 Å². The zero-order valence-electron chi connectivity index (χ0n) is 15.3. The molecule has 140 valence electrons. The molecule has 0 saturated heterocycles. The van der Waals surface area contributed by atoms with Gasteiger partial charge in [0, 0.05) is 11.8 Å². The summed E-state index contributed by atoms with van der Waals surface area (Å²) >= 11 is 1.30. The Morgan fingerprint density at radius 1 is 1.23 bits per heavy atom. The number of nitrogens with one attached hydrogen (secondary N) is 1. The summed E-state index contributed by atoms with van der Waals surface area (Å²) < 4.78 is 10.4. The first kappa shape index (κ1) is 19.9. The van der Waals surface area contributed by atoms with E-state index >= 15 is 0 Å². The maximum absolute atomic E-state index is 12.0. The molecule has 7 heteroatoms. The molecule has 0 spiro atoms. The van der Waals surface area contributed by atoms with Crippen molar-refractivity contribution in [3.05, 3.63) is 40.4 Å². The summed E-state index contributed by atoms with van der Waals surface area (Å²) in [7, 11) is 1.33. The van der Waals surface area contributed by atoms with E-state index in [-0.39, 0.29) is 18.3 Å². The van der Waals surface area contributed by atoms with E-state index in [1.807, 2.05) is 26.0 Å². The second-order valence-corrected chi connectivity index (χ2v) is 6.88. The van der Waals surface area contributed by atoms with Crippen LogP contribution in [-0.4, -0.2) is 30.6 Å². The monoisotopic (exact) mass is 376 g/mol. The molecule has 0 aliphatic heterocycles. The first-order valence-electron chi connectivity index (χ1n) is 8.49. The molecular weight excluding hydrogens is 352 g/mol. The molecule has 0 saturated carbocycles. The standard InChI is InChI=1S/C19H24N2O4S/c1-13-7-8-14(2)16(10-13)25-9-5-4-6-17(22)21-19-20-15(12-26-19)11-18(23)24-3/h7-8,10,12H,4-6,9,11H2,1-3H3,(H,20,21,22). The molecule has 1 aromatic heterocycles. The van der Waals surface area contributed by atoms with E-state index in [2.05, 4.69) is 21.1 Å². The van der Waals surface area contributed by atoms with Crippen LogP contribution in [0.5, 0.6) is 5.75 Å². The number of carbonyl (C=O) groups is 2. The van der Waals surface area contributed by atoms with Gasteiger partial charge in [-0.25, -0.2) is 4.98 Å². The summed E-state index contributed by atoms with van der Waals surface area (Å²) in [6, 6.07) is 6.12. The van der Waals surface area contributed by atoms with Gasteiger partial charge in [0.15, 0.2) is 5.13 Å². The lowest BCUT2D eigenvalue weighted by molar-refractivity contribution is -0.139. The molecule has 0 aliphatic carbocycles. The van der Waals surface area contributed by atoms with Crippen molar-refractivity contribution in [2.24, 2.45) is 0 Å². The van der Waals surface area contributed by atoms with Crippen molar-refractivity contribution in [2.45, 2.75) is 39.5 Å². The lowest BCUT2D eigenvalue weighted by Gasteiger charge is -2.09. The second kappa shape index (κ2) is 9.91. The average Bonchev–Trinajstić information content (AvgIpc) is 3.04. The van der Waals surface area contributed by atoms with Gasteiger partial charge in [0.25, 0.3) is 0 Å². The fourth-order valence-electron chi connectivity index (χ4n) is 2.28. The number of aryl methyl sites for hydroxylation is 2. The summed E-state index contributed by atoms with van der Waals surface area (Å²) in [5.41, 5.74) is 2.87. The summed E-state index contributed by atoms with van der Waals surface area (Å²) in [5, 5.41) is 5.00. The van der Waals surface area contributed by atoms with Crippen LogP contribution >= 0.6 is 11.3 Å². The van der Waals surface area contributed by atoms with Crippen molar-refractivity contribution in [2.75, 3.05) is 19.0 Å². The van der Waals surface area contributed by atoms with Gasteiger partial charge in [0.05, 0.1) is 25.8 Å². The smallest absolute Gasteiger partial charge is 0.311 e. The Morgan fingerprint density at radius 3 is 2.81 bits per heavy atom. The molecule has 0 aliphatic rings. The number of methoxy groups -OCH3 is 1. The summed E-state index contributed by atoms with van der Waals surface area (Å²) in [6.45, 7) is 4.63. The van der Waals surface area contributed by atoms with Gasteiger partial charge in [-0.1, -0.05) is 12.1 Å². The van der Waals surface area contributed by atoms with E-state index in [1.54, 1.807) is 5.38 Å². The molecule has 1 aromatic carbocycles. The van der Waals surface area contributed by atoms with Crippen molar-refractivity contribution in [1.29, 1.82) is 0 Å². The molecule has 1 heterocycles. The molecule has 26 heavy (non-hydrogen) atoms. The van der Waals surface area contributed by atoms with Gasteiger partial charge in [-0.05, 0) is 43.9 Å². The molecule has 0 fully saturated rings. The summed E-state index contributed by atoms with van der Waals surface area (Å²) in [5.74, 6) is 0.461. The Labute approximate surface area is 157 Å². The molecule has 2 aromatic rings. The number of aromatic nitrogens is 1. The quantitative estimate of drug-likeness (QED) is 0.534. The lowest BCUT2D eigenvalue weighted by Crippen LogP contribution is -2.12. The van der Waals surface area contributed by atoms with E-state index < -0.39 is 0 Å². The highest BCUT2D eigenvalue weighted by atomic mass is 32.1. The van der Waals surface area contributed by atoms with Crippen LogP contribution in [0.3, 0.4) is 0 Å². The third-order valence-electron chi connectivity index (χ3n) is 3.75. The number of unbranched alkanes of at least 4 members (excludes halogenated alkanes) is 1. The predicted octanol–water partition coefficient (Wildman–Crippen LogP) is 3.66. The number of thiazole rings is 1.